The molecule has 3 rings (SSSR count). The van der Waals surface area contributed by atoms with Gasteiger partial charge < -0.3 is 20.0 Å². The molecular weight excluding hydrogens is 499 g/mol. The second-order valence-electron chi connectivity index (χ2n) is 8.59. The molecule has 2 aliphatic heterocycles. The van der Waals surface area contributed by atoms with Crippen LogP contribution in [0.1, 0.15) is 38.3 Å². The minimum atomic E-state index is 0. The maximum absolute atomic E-state index is 4.99. The van der Waals surface area contributed by atoms with Crippen molar-refractivity contribution in [2.45, 2.75) is 32.7 Å². The smallest absolute Gasteiger partial charge is 0.194 e. The molecule has 1 N–H and O–H groups in total. The highest BCUT2D eigenvalue weighted by Gasteiger charge is 2.25. The summed E-state index contributed by atoms with van der Waals surface area (Å²) in [5.74, 6) is 1.09. The molecule has 0 amide bonds. The maximum atomic E-state index is 4.99. The van der Waals surface area contributed by atoms with Crippen molar-refractivity contribution >= 4 is 29.9 Å². The Morgan fingerprint density at radius 3 is 2.39 bits per heavy atom. The summed E-state index contributed by atoms with van der Waals surface area (Å²) in [5, 5.41) is 3.53. The van der Waals surface area contributed by atoms with E-state index in [0.717, 1.165) is 58.2 Å². The zero-order chi connectivity index (χ0) is 21.2. The van der Waals surface area contributed by atoms with E-state index in [1.54, 1.807) is 0 Å². The Morgan fingerprint density at radius 2 is 1.71 bits per heavy atom. The van der Waals surface area contributed by atoms with Gasteiger partial charge in [0.1, 0.15) is 0 Å². The molecule has 176 valence electrons. The first-order valence-electron chi connectivity index (χ1n) is 11.9. The standard InChI is InChI=1S/C24H42N6.HI/c1-4-23(22-10-7-6-8-11-22)29-18-20-30(21-19-29)24(25-5-2)26-12-15-28-14-9-13-27(3)16-17-28;/h6-8,10-11,23H,4-5,9,12-21H2,1-3H3,(H,25,26);1H. The van der Waals surface area contributed by atoms with Gasteiger partial charge in [-0.15, -0.1) is 24.0 Å². The summed E-state index contributed by atoms with van der Waals surface area (Å²) in [4.78, 5) is 15.1. The summed E-state index contributed by atoms with van der Waals surface area (Å²) in [6.07, 6.45) is 2.42. The summed E-state index contributed by atoms with van der Waals surface area (Å²) in [5.41, 5.74) is 1.44. The predicted molar refractivity (Wildman–Crippen MR) is 143 cm³/mol. The monoisotopic (exact) mass is 542 g/mol. The van der Waals surface area contributed by atoms with Crippen LogP contribution in [-0.2, 0) is 0 Å². The third kappa shape index (κ3) is 8.18. The van der Waals surface area contributed by atoms with Gasteiger partial charge in [-0.05, 0) is 45.5 Å². The van der Waals surface area contributed by atoms with E-state index in [1.807, 2.05) is 0 Å². The van der Waals surface area contributed by atoms with Crippen LogP contribution in [0.5, 0.6) is 0 Å². The number of aliphatic imine (C=N–C) groups is 1. The molecule has 7 heteroatoms. The van der Waals surface area contributed by atoms with Gasteiger partial charge >= 0.3 is 0 Å². The number of nitrogens with one attached hydrogen (secondary N) is 1. The molecule has 6 nitrogen and oxygen atoms in total. The summed E-state index contributed by atoms with van der Waals surface area (Å²) in [7, 11) is 2.23. The molecule has 0 saturated carbocycles. The lowest BCUT2D eigenvalue weighted by Crippen LogP contribution is -2.53. The van der Waals surface area contributed by atoms with Crippen molar-refractivity contribution in [1.82, 2.24) is 24.9 Å². The van der Waals surface area contributed by atoms with E-state index < -0.39 is 0 Å². The van der Waals surface area contributed by atoms with E-state index in [-0.39, 0.29) is 24.0 Å². The molecule has 1 atom stereocenters. The molecule has 2 aliphatic rings. The lowest BCUT2D eigenvalue weighted by atomic mass is 10.0. The van der Waals surface area contributed by atoms with E-state index in [4.69, 9.17) is 4.99 Å². The fourth-order valence-electron chi connectivity index (χ4n) is 4.67. The highest BCUT2D eigenvalue weighted by Crippen LogP contribution is 2.25. The van der Waals surface area contributed by atoms with E-state index in [2.05, 4.69) is 76.1 Å². The Balaban J connectivity index is 0.00000341. The predicted octanol–water partition coefficient (Wildman–Crippen LogP) is 2.98. The Kier molecular flexibility index (Phi) is 12.1. The van der Waals surface area contributed by atoms with Gasteiger partial charge in [0.05, 0.1) is 6.54 Å². The largest absolute Gasteiger partial charge is 0.357 e. The molecule has 0 radical (unpaired) electrons. The fourth-order valence-corrected chi connectivity index (χ4v) is 4.67. The van der Waals surface area contributed by atoms with Crippen molar-refractivity contribution in [2.75, 3.05) is 79.0 Å². The first-order valence-corrected chi connectivity index (χ1v) is 11.9. The van der Waals surface area contributed by atoms with Crippen LogP contribution < -0.4 is 5.32 Å². The van der Waals surface area contributed by atoms with Gasteiger partial charge in [0, 0.05) is 58.4 Å². The second kappa shape index (κ2) is 14.3. The van der Waals surface area contributed by atoms with Crippen molar-refractivity contribution < 1.29 is 0 Å². The molecule has 31 heavy (non-hydrogen) atoms. The topological polar surface area (TPSA) is 37.4 Å². The van der Waals surface area contributed by atoms with Crippen LogP contribution in [0.4, 0.5) is 0 Å². The number of nitrogens with zero attached hydrogens (tertiary/aromatic N) is 5. The minimum Gasteiger partial charge on any atom is -0.357 e. The quantitative estimate of drug-likeness (QED) is 0.326. The molecule has 2 saturated heterocycles. The van der Waals surface area contributed by atoms with Crippen LogP contribution in [0.25, 0.3) is 0 Å². The molecule has 0 aliphatic carbocycles. The van der Waals surface area contributed by atoms with Gasteiger partial charge in [0.2, 0.25) is 0 Å². The fraction of sp³-hybridized carbons (Fsp3) is 0.708. The van der Waals surface area contributed by atoms with Crippen LogP contribution in [0.2, 0.25) is 0 Å². The number of halogens is 1. The Labute approximate surface area is 207 Å². The third-order valence-corrected chi connectivity index (χ3v) is 6.45. The van der Waals surface area contributed by atoms with Gasteiger partial charge in [-0.25, -0.2) is 0 Å². The van der Waals surface area contributed by atoms with Gasteiger partial charge in [-0.3, -0.25) is 9.89 Å². The Bertz CT molecular complexity index is 632. The van der Waals surface area contributed by atoms with Crippen LogP contribution in [0.15, 0.2) is 35.3 Å². The third-order valence-electron chi connectivity index (χ3n) is 6.45. The Morgan fingerprint density at radius 1 is 0.968 bits per heavy atom. The molecule has 1 aromatic carbocycles. The van der Waals surface area contributed by atoms with Gasteiger partial charge in [0.15, 0.2) is 5.96 Å². The summed E-state index contributed by atoms with van der Waals surface area (Å²) in [6, 6.07) is 11.5. The summed E-state index contributed by atoms with van der Waals surface area (Å²) >= 11 is 0. The molecule has 0 bridgehead atoms. The summed E-state index contributed by atoms with van der Waals surface area (Å²) in [6.45, 7) is 16.4. The molecule has 1 aromatic rings. The van der Waals surface area contributed by atoms with E-state index in [0.29, 0.717) is 6.04 Å². The summed E-state index contributed by atoms with van der Waals surface area (Å²) < 4.78 is 0. The zero-order valence-corrected chi connectivity index (χ0v) is 22.1. The lowest BCUT2D eigenvalue weighted by Gasteiger charge is -2.40. The molecule has 0 spiro atoms. The van der Waals surface area contributed by atoms with Crippen molar-refractivity contribution in [3.8, 4) is 0 Å². The van der Waals surface area contributed by atoms with E-state index in [9.17, 15) is 0 Å². The normalized spacial score (nSPS) is 20.7. The second-order valence-corrected chi connectivity index (χ2v) is 8.59. The molecule has 2 heterocycles. The van der Waals surface area contributed by atoms with Crippen molar-refractivity contribution in [3.05, 3.63) is 35.9 Å². The number of likely N-dealkylation sites (N-methyl/N-ethyl adjacent to an activating group) is 1. The van der Waals surface area contributed by atoms with Crippen LogP contribution >= 0.6 is 24.0 Å². The van der Waals surface area contributed by atoms with Gasteiger partial charge in [-0.1, -0.05) is 37.3 Å². The number of piperazine rings is 1. The molecule has 2 fully saturated rings. The van der Waals surface area contributed by atoms with Crippen LogP contribution in [-0.4, -0.2) is 105 Å². The average molecular weight is 543 g/mol. The highest BCUT2D eigenvalue weighted by molar-refractivity contribution is 14.0. The minimum absolute atomic E-state index is 0. The number of rotatable bonds is 7. The number of hydrogen-bond acceptors (Lipinski definition) is 4. The lowest BCUT2D eigenvalue weighted by molar-refractivity contribution is 0.127. The first kappa shape index (κ1) is 26.4. The molecule has 1 unspecified atom stereocenters. The number of guanidine groups is 1. The van der Waals surface area contributed by atoms with E-state index in [1.165, 1.54) is 38.2 Å². The van der Waals surface area contributed by atoms with Crippen molar-refractivity contribution in [3.63, 3.8) is 0 Å². The first-order chi connectivity index (χ1) is 14.7. The van der Waals surface area contributed by atoms with Gasteiger partial charge in [0.25, 0.3) is 0 Å². The van der Waals surface area contributed by atoms with Crippen molar-refractivity contribution in [2.24, 2.45) is 4.99 Å². The molecular formula is C24H43IN6. The highest BCUT2D eigenvalue weighted by atomic mass is 127. The zero-order valence-electron chi connectivity index (χ0n) is 19.8. The maximum Gasteiger partial charge on any atom is 0.194 e. The van der Waals surface area contributed by atoms with Gasteiger partial charge in [-0.2, -0.15) is 0 Å². The van der Waals surface area contributed by atoms with Crippen LogP contribution in [0.3, 0.4) is 0 Å². The average Bonchev–Trinajstić information content (AvgIpc) is 2.99. The van der Waals surface area contributed by atoms with Crippen molar-refractivity contribution in [1.29, 1.82) is 0 Å². The number of benzene rings is 1. The van der Waals surface area contributed by atoms with Crippen LogP contribution in [0, 0.1) is 0 Å². The Hall–Kier alpha value is -0.900. The van der Waals surface area contributed by atoms with E-state index >= 15 is 0 Å². The molecule has 0 aromatic heterocycles. The SMILES string of the molecule is CCNC(=NCCN1CCCN(C)CC1)N1CCN(C(CC)c2ccccc2)CC1.I. The number of hydrogen-bond donors (Lipinski definition) is 1.